The number of halogens is 10. The number of rotatable bonds is 3. The molecule has 0 N–H and O–H groups in total. The largest absolute Gasteiger partial charge is 0.429 e. The molecule has 1 atom stereocenters. The van der Waals surface area contributed by atoms with Crippen LogP contribution in [-0.2, 0) is 0 Å². The van der Waals surface area contributed by atoms with Gasteiger partial charge in [-0.1, -0.05) is 0 Å². The lowest BCUT2D eigenvalue weighted by molar-refractivity contribution is -0.286. The molecule has 15 heavy (non-hydrogen) atoms. The van der Waals surface area contributed by atoms with Gasteiger partial charge >= 0.3 is 15.8 Å². The summed E-state index contributed by atoms with van der Waals surface area (Å²) in [6.07, 6.45) is -8.86. The number of alkyl halides is 10. The molecule has 0 amide bonds. The summed E-state index contributed by atoms with van der Waals surface area (Å²) in [7, 11) is 0. The number of hydrogen-bond donors (Lipinski definition) is 0. The van der Waals surface area contributed by atoms with Crippen LogP contribution in [0, 0.1) is 0 Å². The molecule has 0 aromatic heterocycles. The average Bonchev–Trinajstić information content (AvgIpc) is 1.77. The van der Waals surface area contributed by atoms with E-state index in [-0.39, 0.29) is 0 Å². The molecule has 1 unspecified atom stereocenters. The lowest BCUT2D eigenvalue weighted by Crippen LogP contribution is -2.54. The highest BCUT2D eigenvalue weighted by Crippen LogP contribution is 2.54. The van der Waals surface area contributed by atoms with E-state index < -0.39 is 27.9 Å². The second kappa shape index (κ2) is 4.01. The van der Waals surface area contributed by atoms with E-state index in [0.717, 1.165) is 15.9 Å². The maximum atomic E-state index is 12.9. The summed E-state index contributed by atoms with van der Waals surface area (Å²) >= 11 is 2.48. The van der Waals surface area contributed by atoms with E-state index in [9.17, 15) is 35.1 Å². The van der Waals surface area contributed by atoms with Gasteiger partial charge in [0.05, 0.1) is 6.42 Å². The van der Waals surface area contributed by atoms with Crippen LogP contribution in [0.3, 0.4) is 0 Å². The Morgan fingerprint density at radius 1 is 0.733 bits per heavy atom. The first-order chi connectivity index (χ1) is 6.21. The second-order valence-electron chi connectivity index (χ2n) is 2.59. The molecule has 0 aliphatic heterocycles. The zero-order valence-corrected chi connectivity index (χ0v) is 9.66. The van der Waals surface area contributed by atoms with E-state index >= 15 is 0 Å². The summed E-state index contributed by atoms with van der Waals surface area (Å²) in [6.45, 7) is 0. The summed E-state index contributed by atoms with van der Waals surface area (Å²) in [5.41, 5.74) is -5.35. The molecule has 92 valence electrons. The van der Waals surface area contributed by atoms with Gasteiger partial charge in [-0.25, -0.2) is 4.39 Å². The van der Waals surface area contributed by atoms with Gasteiger partial charge in [-0.15, -0.1) is 0 Å². The van der Waals surface area contributed by atoms with E-state index in [1.54, 1.807) is 0 Å². The van der Waals surface area contributed by atoms with Crippen LogP contribution < -0.4 is 0 Å². The van der Waals surface area contributed by atoms with E-state index in [4.69, 9.17) is 0 Å². The minimum absolute atomic E-state index is 1.11. The van der Waals surface area contributed by atoms with Crippen LogP contribution in [0.1, 0.15) is 6.42 Å². The van der Waals surface area contributed by atoms with Gasteiger partial charge in [0.1, 0.15) is 0 Å². The molecule has 0 fully saturated rings. The highest BCUT2D eigenvalue weighted by molar-refractivity contribution is 9.10. The summed E-state index contributed by atoms with van der Waals surface area (Å²) in [5.74, 6) is 0. The van der Waals surface area contributed by atoms with Crippen LogP contribution in [0.15, 0.2) is 0 Å². The van der Waals surface area contributed by atoms with Crippen molar-refractivity contribution in [3.05, 3.63) is 0 Å². The molecular formula is C5H2Br2F8. The quantitative estimate of drug-likeness (QED) is 0.500. The fourth-order valence-electron chi connectivity index (χ4n) is 0.637. The van der Waals surface area contributed by atoms with Crippen molar-refractivity contribution in [3.8, 4) is 0 Å². The van der Waals surface area contributed by atoms with Gasteiger partial charge in [0, 0.05) is 0 Å². The van der Waals surface area contributed by atoms with Gasteiger partial charge in [-0.3, -0.25) is 0 Å². The summed E-state index contributed by atoms with van der Waals surface area (Å²) in [6, 6.07) is 0. The molecule has 10 heteroatoms. The fraction of sp³-hybridized carbons (Fsp3) is 1.00. The van der Waals surface area contributed by atoms with E-state index in [1.165, 1.54) is 15.9 Å². The normalized spacial score (nSPS) is 18.8. The molecule has 0 aromatic carbocycles. The summed E-state index contributed by atoms with van der Waals surface area (Å²) in [5, 5.41) is 0. The van der Waals surface area contributed by atoms with Crippen molar-refractivity contribution in [2.75, 3.05) is 0 Å². The monoisotopic (exact) mass is 372 g/mol. The third-order valence-electron chi connectivity index (χ3n) is 1.34. The van der Waals surface area contributed by atoms with Crippen LogP contribution in [0.5, 0.6) is 0 Å². The topological polar surface area (TPSA) is 0 Å². The van der Waals surface area contributed by atoms with Crippen molar-refractivity contribution in [1.82, 2.24) is 0 Å². The Bertz CT molecular complexity index is 209. The SMILES string of the molecule is FC(F)(Br)CC(F)(C(F)(F)F)C(F)(F)Br. The Morgan fingerprint density at radius 2 is 1.07 bits per heavy atom. The second-order valence-corrected chi connectivity index (χ2v) is 4.74. The van der Waals surface area contributed by atoms with Crippen molar-refractivity contribution in [2.45, 2.75) is 27.9 Å². The molecule has 0 aromatic rings. The van der Waals surface area contributed by atoms with Crippen molar-refractivity contribution in [2.24, 2.45) is 0 Å². The Labute approximate surface area is 95.3 Å². The first-order valence-electron chi connectivity index (χ1n) is 3.10. The molecule has 0 nitrogen and oxygen atoms in total. The third kappa shape index (κ3) is 3.72. The molecule has 0 saturated carbocycles. The average molecular weight is 374 g/mol. The van der Waals surface area contributed by atoms with Gasteiger partial charge in [0.25, 0.3) is 5.67 Å². The van der Waals surface area contributed by atoms with Crippen LogP contribution in [0.25, 0.3) is 0 Å². The highest BCUT2D eigenvalue weighted by atomic mass is 79.9. The van der Waals surface area contributed by atoms with Gasteiger partial charge in [0.2, 0.25) is 0 Å². The minimum atomic E-state index is -6.13. The van der Waals surface area contributed by atoms with Crippen molar-refractivity contribution < 1.29 is 35.1 Å². The molecule has 0 aliphatic carbocycles. The van der Waals surface area contributed by atoms with E-state index in [0.29, 0.717) is 0 Å². The molecular weight excluding hydrogens is 372 g/mol. The van der Waals surface area contributed by atoms with Crippen molar-refractivity contribution in [3.63, 3.8) is 0 Å². The maximum Gasteiger partial charge on any atom is 0.429 e. The van der Waals surface area contributed by atoms with Crippen molar-refractivity contribution >= 4 is 31.9 Å². The van der Waals surface area contributed by atoms with Gasteiger partial charge in [-0.2, -0.15) is 30.7 Å². The highest BCUT2D eigenvalue weighted by Gasteiger charge is 2.72. The fourth-order valence-corrected chi connectivity index (χ4v) is 1.39. The predicted octanol–water partition coefficient (Wildman–Crippen LogP) is 4.62. The predicted molar refractivity (Wildman–Crippen MR) is 42.3 cm³/mol. The van der Waals surface area contributed by atoms with Gasteiger partial charge in [0.15, 0.2) is 0 Å². The zero-order valence-electron chi connectivity index (χ0n) is 6.49. The Hall–Kier alpha value is 0.400. The Balaban J connectivity index is 5.26. The lowest BCUT2D eigenvalue weighted by atomic mass is 10.0. The molecule has 0 rings (SSSR count). The Kier molecular flexibility index (Phi) is 4.11. The van der Waals surface area contributed by atoms with Gasteiger partial charge in [-0.05, 0) is 31.9 Å². The van der Waals surface area contributed by atoms with Crippen molar-refractivity contribution in [1.29, 1.82) is 0 Å². The Morgan fingerprint density at radius 3 is 1.13 bits per heavy atom. The molecule has 0 aliphatic rings. The first-order valence-corrected chi connectivity index (χ1v) is 4.68. The third-order valence-corrected chi connectivity index (χ3v) is 2.25. The van der Waals surface area contributed by atoms with Gasteiger partial charge < -0.3 is 0 Å². The van der Waals surface area contributed by atoms with Crippen LogP contribution in [-0.4, -0.2) is 21.5 Å². The van der Waals surface area contributed by atoms with Crippen LogP contribution in [0.2, 0.25) is 0 Å². The molecule has 0 spiro atoms. The van der Waals surface area contributed by atoms with Crippen LogP contribution >= 0.6 is 31.9 Å². The summed E-state index contributed by atoms with van der Waals surface area (Å²) < 4.78 is 97.3. The maximum absolute atomic E-state index is 12.9. The van der Waals surface area contributed by atoms with E-state index in [1.807, 2.05) is 0 Å². The molecule has 0 bridgehead atoms. The minimum Gasteiger partial charge on any atom is -0.226 e. The zero-order chi connectivity index (χ0) is 12.7. The molecule has 0 saturated heterocycles. The molecule has 0 heterocycles. The lowest BCUT2D eigenvalue weighted by Gasteiger charge is -2.32. The van der Waals surface area contributed by atoms with Crippen LogP contribution in [0.4, 0.5) is 35.1 Å². The molecule has 0 radical (unpaired) electrons. The smallest absolute Gasteiger partial charge is 0.226 e. The van der Waals surface area contributed by atoms with E-state index in [2.05, 4.69) is 0 Å². The first kappa shape index (κ1) is 15.4. The standard InChI is InChI=1S/C5H2Br2F8/c6-3(9,10)1-2(8,4(7,11)12)5(13,14)15/h1H2. The summed E-state index contributed by atoms with van der Waals surface area (Å²) in [4.78, 5) is -9.54. The number of hydrogen-bond acceptors (Lipinski definition) is 0.